The fraction of sp³-hybridized carbons (Fsp3) is 0.214. The molecule has 0 aliphatic carbocycles. The molecule has 1 aliphatic heterocycles. The zero-order valence-corrected chi connectivity index (χ0v) is 20.5. The number of hydrogen-bond acceptors (Lipinski definition) is 5. The number of likely N-dealkylation sites (N-methyl/N-ethyl adjacent to an activating group) is 1. The summed E-state index contributed by atoms with van der Waals surface area (Å²) < 4.78 is 16.3. The third-order valence-electron chi connectivity index (χ3n) is 6.73. The van der Waals surface area contributed by atoms with Crippen LogP contribution in [0.3, 0.4) is 0 Å². The fourth-order valence-electron chi connectivity index (χ4n) is 5.06. The fourth-order valence-corrected chi connectivity index (χ4v) is 5.06. The van der Waals surface area contributed by atoms with Crippen molar-refractivity contribution >= 4 is 28.4 Å². The minimum absolute atomic E-state index is 0.127. The highest BCUT2D eigenvalue weighted by atomic mass is 16.5. The van der Waals surface area contributed by atoms with Gasteiger partial charge in [-0.2, -0.15) is 0 Å². The Labute approximate surface area is 208 Å². The monoisotopic (exact) mass is 485 g/mol. The van der Waals surface area contributed by atoms with E-state index in [0.717, 1.165) is 16.5 Å². The van der Waals surface area contributed by atoms with E-state index in [0.29, 0.717) is 34.1 Å². The van der Waals surface area contributed by atoms with Crippen LogP contribution in [0, 0.1) is 0 Å². The van der Waals surface area contributed by atoms with E-state index in [1.807, 2.05) is 48.7 Å². The maximum atomic E-state index is 14.0. The van der Waals surface area contributed by atoms with Gasteiger partial charge in [-0.3, -0.25) is 9.59 Å². The van der Waals surface area contributed by atoms with E-state index in [2.05, 4.69) is 10.3 Å². The standard InChI is InChI=1S/C28H27N3O5/c1-31-25(20-15-29-21-12-8-7-9-17(20)21)24(18-10-5-6-11-19(18)28(31)33)27(32)30-16-13-22(34-2)26(36-4)23(14-16)35-3/h5-15,24-25,29H,1-4H3,(H,30,32)/t24-,25+/m1/s1. The van der Waals surface area contributed by atoms with E-state index in [1.54, 1.807) is 30.1 Å². The number of anilines is 1. The second kappa shape index (κ2) is 9.30. The van der Waals surface area contributed by atoms with Crippen LogP contribution in [0.15, 0.2) is 66.9 Å². The zero-order valence-electron chi connectivity index (χ0n) is 20.5. The topological polar surface area (TPSA) is 92.9 Å². The van der Waals surface area contributed by atoms with Crippen molar-refractivity contribution in [2.75, 3.05) is 33.7 Å². The van der Waals surface area contributed by atoms with Crippen LogP contribution in [0.25, 0.3) is 10.9 Å². The van der Waals surface area contributed by atoms with Gasteiger partial charge in [-0.1, -0.05) is 36.4 Å². The Morgan fingerprint density at radius 2 is 1.58 bits per heavy atom. The molecule has 1 aliphatic rings. The van der Waals surface area contributed by atoms with Gasteiger partial charge in [0.1, 0.15) is 0 Å². The van der Waals surface area contributed by atoms with E-state index in [9.17, 15) is 9.59 Å². The average molecular weight is 486 g/mol. The quantitative estimate of drug-likeness (QED) is 0.411. The number of nitrogens with zero attached hydrogens (tertiary/aromatic N) is 1. The highest BCUT2D eigenvalue weighted by Crippen LogP contribution is 2.45. The first-order valence-electron chi connectivity index (χ1n) is 11.5. The summed E-state index contributed by atoms with van der Waals surface area (Å²) in [4.78, 5) is 32.3. The smallest absolute Gasteiger partial charge is 0.254 e. The second-order valence-electron chi connectivity index (χ2n) is 8.62. The maximum Gasteiger partial charge on any atom is 0.254 e. The maximum absolute atomic E-state index is 14.0. The average Bonchev–Trinajstić information content (AvgIpc) is 3.33. The summed E-state index contributed by atoms with van der Waals surface area (Å²) in [5.41, 5.74) is 3.50. The predicted octanol–water partition coefficient (Wildman–Crippen LogP) is 4.74. The second-order valence-corrected chi connectivity index (χ2v) is 8.62. The van der Waals surface area contributed by atoms with E-state index in [-0.39, 0.29) is 11.8 Å². The molecule has 1 aromatic heterocycles. The van der Waals surface area contributed by atoms with Crippen molar-refractivity contribution in [3.05, 3.63) is 83.6 Å². The summed E-state index contributed by atoms with van der Waals surface area (Å²) in [5.74, 6) is 0.239. The van der Waals surface area contributed by atoms with Crippen LogP contribution in [0.5, 0.6) is 17.2 Å². The number of fused-ring (bicyclic) bond motifs is 2. The van der Waals surface area contributed by atoms with Gasteiger partial charge in [0.15, 0.2) is 11.5 Å². The molecule has 0 bridgehead atoms. The highest BCUT2D eigenvalue weighted by molar-refractivity contribution is 6.05. The molecule has 0 spiro atoms. The lowest BCUT2D eigenvalue weighted by Crippen LogP contribution is -2.44. The normalized spacial score (nSPS) is 17.0. The molecule has 184 valence electrons. The van der Waals surface area contributed by atoms with E-state index >= 15 is 0 Å². The first-order chi connectivity index (χ1) is 17.5. The summed E-state index contributed by atoms with van der Waals surface area (Å²) in [7, 11) is 6.31. The van der Waals surface area contributed by atoms with E-state index < -0.39 is 12.0 Å². The lowest BCUT2D eigenvalue weighted by Gasteiger charge is -2.39. The van der Waals surface area contributed by atoms with E-state index in [4.69, 9.17) is 14.2 Å². The SMILES string of the molecule is COc1cc(NC(=O)[C@@H]2c3ccccc3C(=O)N(C)[C@H]2c2c[nH]c3ccccc23)cc(OC)c1OC. The molecule has 2 heterocycles. The molecule has 2 atom stereocenters. The van der Waals surface area contributed by atoms with E-state index in [1.165, 1.54) is 21.3 Å². The van der Waals surface area contributed by atoms with Crippen LogP contribution >= 0.6 is 0 Å². The van der Waals surface area contributed by atoms with Crippen molar-refractivity contribution in [3.8, 4) is 17.2 Å². The number of amides is 2. The van der Waals surface area contributed by atoms with Gasteiger partial charge in [0.2, 0.25) is 11.7 Å². The number of para-hydroxylation sites is 1. The number of carbonyl (C=O) groups excluding carboxylic acids is 2. The predicted molar refractivity (Wildman–Crippen MR) is 137 cm³/mol. The number of ether oxygens (including phenoxy) is 3. The van der Waals surface area contributed by atoms with Gasteiger partial charge in [-0.25, -0.2) is 0 Å². The summed E-state index contributed by atoms with van der Waals surface area (Å²) >= 11 is 0. The Hall–Kier alpha value is -4.46. The third kappa shape index (κ3) is 3.71. The van der Waals surface area contributed by atoms with Gasteiger partial charge < -0.3 is 29.4 Å². The number of hydrogen-bond donors (Lipinski definition) is 2. The minimum Gasteiger partial charge on any atom is -0.493 e. The molecule has 5 rings (SSSR count). The summed E-state index contributed by atoms with van der Waals surface area (Å²) in [5, 5.41) is 3.99. The highest BCUT2D eigenvalue weighted by Gasteiger charge is 2.43. The van der Waals surface area contributed by atoms with Gasteiger partial charge in [0.05, 0.1) is 33.3 Å². The molecule has 36 heavy (non-hydrogen) atoms. The number of H-pyrrole nitrogens is 1. The number of carbonyl (C=O) groups is 2. The lowest BCUT2D eigenvalue weighted by molar-refractivity contribution is -0.119. The van der Waals surface area contributed by atoms with Gasteiger partial charge in [-0.15, -0.1) is 0 Å². The number of benzene rings is 3. The number of nitrogens with one attached hydrogen (secondary N) is 2. The number of rotatable bonds is 6. The van der Waals surface area contributed by atoms with Gasteiger partial charge in [0, 0.05) is 53.1 Å². The van der Waals surface area contributed by atoms with Crippen molar-refractivity contribution in [1.82, 2.24) is 9.88 Å². The number of aromatic amines is 1. The first kappa shape index (κ1) is 23.3. The Balaban J connectivity index is 1.62. The number of methoxy groups -OCH3 is 3. The van der Waals surface area contributed by atoms with Gasteiger partial charge in [-0.05, 0) is 17.7 Å². The molecule has 0 saturated heterocycles. The molecule has 8 nitrogen and oxygen atoms in total. The molecule has 3 aromatic carbocycles. The molecule has 2 N–H and O–H groups in total. The summed E-state index contributed by atoms with van der Waals surface area (Å²) in [6.45, 7) is 0. The summed E-state index contributed by atoms with van der Waals surface area (Å²) in [6, 6.07) is 18.0. The van der Waals surface area contributed by atoms with Crippen LogP contribution in [0.2, 0.25) is 0 Å². The van der Waals surface area contributed by atoms with Crippen molar-refractivity contribution in [2.45, 2.75) is 12.0 Å². The molecular formula is C28H27N3O5. The van der Waals surface area contributed by atoms with Crippen LogP contribution < -0.4 is 19.5 Å². The molecular weight excluding hydrogens is 458 g/mol. The minimum atomic E-state index is -0.665. The largest absolute Gasteiger partial charge is 0.493 e. The molecule has 8 heteroatoms. The zero-order chi connectivity index (χ0) is 25.4. The third-order valence-corrected chi connectivity index (χ3v) is 6.73. The van der Waals surface area contributed by atoms with Gasteiger partial charge in [0.25, 0.3) is 5.91 Å². The van der Waals surface area contributed by atoms with Gasteiger partial charge >= 0.3 is 0 Å². The molecule has 0 saturated carbocycles. The number of aromatic nitrogens is 1. The molecule has 2 amide bonds. The van der Waals surface area contributed by atoms with Crippen LogP contribution in [-0.2, 0) is 4.79 Å². The molecule has 0 unspecified atom stereocenters. The molecule has 4 aromatic rings. The van der Waals surface area contributed by atoms with Crippen LogP contribution in [0.1, 0.15) is 33.4 Å². The Morgan fingerprint density at radius 1 is 0.917 bits per heavy atom. The first-order valence-corrected chi connectivity index (χ1v) is 11.5. The molecule has 0 radical (unpaired) electrons. The van der Waals surface area contributed by atoms with Crippen LogP contribution in [0.4, 0.5) is 5.69 Å². The molecule has 0 fully saturated rings. The summed E-state index contributed by atoms with van der Waals surface area (Å²) in [6.07, 6.45) is 1.88. The lowest BCUT2D eigenvalue weighted by atomic mass is 9.79. The van der Waals surface area contributed by atoms with Crippen molar-refractivity contribution in [1.29, 1.82) is 0 Å². The van der Waals surface area contributed by atoms with Crippen molar-refractivity contribution in [3.63, 3.8) is 0 Å². The Bertz CT molecular complexity index is 1440. The van der Waals surface area contributed by atoms with Crippen LogP contribution in [-0.4, -0.2) is 50.1 Å². The van der Waals surface area contributed by atoms with Crippen molar-refractivity contribution in [2.24, 2.45) is 0 Å². The Morgan fingerprint density at radius 3 is 2.28 bits per heavy atom. The van der Waals surface area contributed by atoms with Crippen molar-refractivity contribution < 1.29 is 23.8 Å². The Kier molecular flexibility index (Phi) is 6.01.